The number of ether oxygens (including phenoxy) is 1. The van der Waals surface area contributed by atoms with Crippen LogP contribution in [0.2, 0.25) is 0 Å². The van der Waals surface area contributed by atoms with Crippen LogP contribution in [0.15, 0.2) is 30.5 Å². The normalized spacial score (nSPS) is 14.3. The number of hydrogen-bond donors (Lipinski definition) is 1. The van der Waals surface area contributed by atoms with Gasteiger partial charge in [-0.05, 0) is 23.1 Å². The number of benzene rings is 1. The summed E-state index contributed by atoms with van der Waals surface area (Å²) >= 11 is 0. The molecule has 1 N–H and O–H groups in total. The Balaban J connectivity index is 1.55. The Morgan fingerprint density at radius 1 is 1.29 bits per heavy atom. The number of carbonyl (C=O) groups excluding carboxylic acids is 1. The van der Waals surface area contributed by atoms with Crippen LogP contribution < -0.4 is 5.32 Å². The van der Waals surface area contributed by atoms with E-state index in [1.165, 1.54) is 11.3 Å². The number of fused-ring (bicyclic) bond motifs is 1. The number of aromatic nitrogens is 2. The maximum absolute atomic E-state index is 12.3. The topological polar surface area (TPSA) is 56.2 Å². The standard InChI is InChI=1S/C19H25N3O2/c1-19(2,3)16-6-4-14(5-7-16)18(23)20-9-10-22-17-8-11-24-13-15(17)12-21-22/h4-7,12H,8-11,13H2,1-3H3,(H,20,23). The molecule has 0 spiro atoms. The Kier molecular flexibility index (Phi) is 4.71. The lowest BCUT2D eigenvalue weighted by Crippen LogP contribution is -2.28. The first-order chi connectivity index (χ1) is 11.4. The van der Waals surface area contributed by atoms with Crippen LogP contribution in [0.25, 0.3) is 0 Å². The molecule has 128 valence electrons. The van der Waals surface area contributed by atoms with Crippen molar-refractivity contribution in [2.24, 2.45) is 0 Å². The van der Waals surface area contributed by atoms with Crippen molar-refractivity contribution in [3.63, 3.8) is 0 Å². The van der Waals surface area contributed by atoms with Gasteiger partial charge in [0.25, 0.3) is 5.91 Å². The van der Waals surface area contributed by atoms with E-state index in [-0.39, 0.29) is 11.3 Å². The van der Waals surface area contributed by atoms with Gasteiger partial charge in [0, 0.05) is 29.8 Å². The molecule has 0 unspecified atom stereocenters. The van der Waals surface area contributed by atoms with Gasteiger partial charge in [-0.2, -0.15) is 5.10 Å². The molecule has 1 aromatic heterocycles. The van der Waals surface area contributed by atoms with E-state index in [1.54, 1.807) is 0 Å². The minimum Gasteiger partial charge on any atom is -0.376 e. The second-order valence-corrected chi connectivity index (χ2v) is 7.23. The van der Waals surface area contributed by atoms with Crippen LogP contribution in [0.5, 0.6) is 0 Å². The lowest BCUT2D eigenvalue weighted by Gasteiger charge is -2.19. The summed E-state index contributed by atoms with van der Waals surface area (Å²) < 4.78 is 7.39. The molecular formula is C19H25N3O2. The van der Waals surface area contributed by atoms with Gasteiger partial charge < -0.3 is 10.1 Å². The molecule has 2 heterocycles. The lowest BCUT2D eigenvalue weighted by molar-refractivity contribution is 0.0950. The first kappa shape index (κ1) is 16.7. The third-order valence-electron chi connectivity index (χ3n) is 4.40. The highest BCUT2D eigenvalue weighted by Gasteiger charge is 2.16. The molecule has 1 aliphatic rings. The van der Waals surface area contributed by atoms with Gasteiger partial charge in [0.1, 0.15) is 0 Å². The average Bonchev–Trinajstić information content (AvgIpc) is 2.97. The summed E-state index contributed by atoms with van der Waals surface area (Å²) in [6, 6.07) is 7.84. The zero-order chi connectivity index (χ0) is 17.2. The van der Waals surface area contributed by atoms with Crippen LogP contribution in [0.1, 0.15) is 48.0 Å². The molecule has 0 saturated carbocycles. The average molecular weight is 327 g/mol. The molecule has 0 radical (unpaired) electrons. The second-order valence-electron chi connectivity index (χ2n) is 7.23. The molecule has 0 saturated heterocycles. The van der Waals surface area contributed by atoms with Crippen LogP contribution in [-0.4, -0.2) is 28.8 Å². The van der Waals surface area contributed by atoms with Crippen molar-refractivity contribution in [2.75, 3.05) is 13.2 Å². The van der Waals surface area contributed by atoms with Crippen molar-refractivity contribution in [1.29, 1.82) is 0 Å². The molecule has 1 amide bonds. The van der Waals surface area contributed by atoms with Crippen LogP contribution in [0.3, 0.4) is 0 Å². The smallest absolute Gasteiger partial charge is 0.251 e. The van der Waals surface area contributed by atoms with Crippen LogP contribution in [-0.2, 0) is 29.7 Å². The molecule has 0 bridgehead atoms. The maximum Gasteiger partial charge on any atom is 0.251 e. The molecule has 2 aromatic rings. The van der Waals surface area contributed by atoms with E-state index in [0.29, 0.717) is 25.3 Å². The predicted molar refractivity (Wildman–Crippen MR) is 93.1 cm³/mol. The second kappa shape index (κ2) is 6.77. The van der Waals surface area contributed by atoms with Crippen molar-refractivity contribution in [2.45, 2.75) is 45.8 Å². The van der Waals surface area contributed by atoms with Gasteiger partial charge in [0.2, 0.25) is 0 Å². The largest absolute Gasteiger partial charge is 0.376 e. The molecule has 24 heavy (non-hydrogen) atoms. The number of amides is 1. The van der Waals surface area contributed by atoms with Gasteiger partial charge in [-0.25, -0.2) is 0 Å². The third kappa shape index (κ3) is 3.67. The van der Waals surface area contributed by atoms with Crippen molar-refractivity contribution in [1.82, 2.24) is 15.1 Å². The summed E-state index contributed by atoms with van der Waals surface area (Å²) in [5.74, 6) is -0.0418. The number of rotatable bonds is 4. The van der Waals surface area contributed by atoms with Gasteiger partial charge in [-0.1, -0.05) is 32.9 Å². The van der Waals surface area contributed by atoms with Crippen molar-refractivity contribution in [3.8, 4) is 0 Å². The number of carbonyl (C=O) groups is 1. The minimum atomic E-state index is -0.0418. The fourth-order valence-electron chi connectivity index (χ4n) is 2.90. The summed E-state index contributed by atoms with van der Waals surface area (Å²) in [5, 5.41) is 7.36. The van der Waals surface area contributed by atoms with Gasteiger partial charge in [0.15, 0.2) is 0 Å². The van der Waals surface area contributed by atoms with Crippen molar-refractivity contribution in [3.05, 3.63) is 52.8 Å². The maximum atomic E-state index is 12.3. The molecule has 1 aliphatic heterocycles. The molecule has 3 rings (SSSR count). The summed E-state index contributed by atoms with van der Waals surface area (Å²) in [5.41, 5.74) is 4.40. The SMILES string of the molecule is CC(C)(C)c1ccc(C(=O)NCCn2ncc3c2CCOC3)cc1. The Morgan fingerprint density at radius 2 is 2.04 bits per heavy atom. The first-order valence-electron chi connectivity index (χ1n) is 8.45. The molecule has 0 fully saturated rings. The Hall–Kier alpha value is -2.14. The fraction of sp³-hybridized carbons (Fsp3) is 0.474. The summed E-state index contributed by atoms with van der Waals surface area (Å²) in [6.45, 7) is 9.12. The molecule has 5 nitrogen and oxygen atoms in total. The van der Waals surface area contributed by atoms with E-state index in [9.17, 15) is 4.79 Å². The minimum absolute atomic E-state index is 0.0418. The van der Waals surface area contributed by atoms with Crippen LogP contribution in [0.4, 0.5) is 0 Å². The number of nitrogens with one attached hydrogen (secondary N) is 1. The quantitative estimate of drug-likeness (QED) is 0.939. The van der Waals surface area contributed by atoms with Crippen LogP contribution >= 0.6 is 0 Å². The van der Waals surface area contributed by atoms with Gasteiger partial charge in [0.05, 0.1) is 26.0 Å². The van der Waals surface area contributed by atoms with E-state index < -0.39 is 0 Å². The summed E-state index contributed by atoms with van der Waals surface area (Å²) in [6.07, 6.45) is 2.75. The van der Waals surface area contributed by atoms with Gasteiger partial charge >= 0.3 is 0 Å². The van der Waals surface area contributed by atoms with Crippen molar-refractivity contribution >= 4 is 5.91 Å². The molecule has 0 atom stereocenters. The Labute approximate surface area is 143 Å². The predicted octanol–water partition coefficient (Wildman–Crippen LogP) is 2.68. The van der Waals surface area contributed by atoms with E-state index in [1.807, 2.05) is 35.1 Å². The molecule has 5 heteroatoms. The zero-order valence-electron chi connectivity index (χ0n) is 14.6. The van der Waals surface area contributed by atoms with E-state index in [0.717, 1.165) is 18.6 Å². The molecular weight excluding hydrogens is 302 g/mol. The highest BCUT2D eigenvalue weighted by atomic mass is 16.5. The van der Waals surface area contributed by atoms with Gasteiger partial charge in [-0.15, -0.1) is 0 Å². The highest BCUT2D eigenvalue weighted by Crippen LogP contribution is 2.22. The fourth-order valence-corrected chi connectivity index (χ4v) is 2.90. The Morgan fingerprint density at radius 3 is 2.75 bits per heavy atom. The lowest BCUT2D eigenvalue weighted by atomic mass is 9.87. The van der Waals surface area contributed by atoms with Crippen LogP contribution in [0, 0.1) is 0 Å². The van der Waals surface area contributed by atoms with Crippen molar-refractivity contribution < 1.29 is 9.53 Å². The number of hydrogen-bond acceptors (Lipinski definition) is 3. The molecule has 0 aliphatic carbocycles. The monoisotopic (exact) mass is 327 g/mol. The summed E-state index contributed by atoms with van der Waals surface area (Å²) in [7, 11) is 0. The highest BCUT2D eigenvalue weighted by molar-refractivity contribution is 5.94. The van der Waals surface area contributed by atoms with Gasteiger partial charge in [-0.3, -0.25) is 9.48 Å². The van der Waals surface area contributed by atoms with E-state index in [4.69, 9.17) is 4.74 Å². The van der Waals surface area contributed by atoms with E-state index in [2.05, 4.69) is 31.2 Å². The van der Waals surface area contributed by atoms with E-state index >= 15 is 0 Å². The Bertz CT molecular complexity index is 711. The number of nitrogens with zero attached hydrogens (tertiary/aromatic N) is 2. The first-order valence-corrected chi connectivity index (χ1v) is 8.45. The molecule has 1 aromatic carbocycles. The third-order valence-corrected chi connectivity index (χ3v) is 4.40. The summed E-state index contributed by atoms with van der Waals surface area (Å²) in [4.78, 5) is 12.3. The zero-order valence-corrected chi connectivity index (χ0v) is 14.6.